The van der Waals surface area contributed by atoms with E-state index in [0.29, 0.717) is 12.1 Å². The fraction of sp³-hybridized carbons (Fsp3) is 0.550. The average molecular weight is 511 g/mol. The molecule has 1 heterocycles. The number of aliphatic carboxylic acids is 1. The number of aromatic nitrogens is 2. The fourth-order valence-electron chi connectivity index (χ4n) is 2.99. The maximum Gasteiger partial charge on any atom is 0.326 e. The molecule has 200 valence electrons. The zero-order chi connectivity index (χ0) is 27.3. The van der Waals surface area contributed by atoms with Gasteiger partial charge in [0.2, 0.25) is 23.6 Å². The predicted molar refractivity (Wildman–Crippen MR) is 128 cm³/mol. The molecule has 16 nitrogen and oxygen atoms in total. The van der Waals surface area contributed by atoms with E-state index >= 15 is 0 Å². The van der Waals surface area contributed by atoms with Gasteiger partial charge in [0.25, 0.3) is 0 Å². The highest BCUT2D eigenvalue weighted by molar-refractivity contribution is 5.94. The minimum Gasteiger partial charge on any atom is -0.480 e. The standard InChI is InChI=1S/C20H34N10O6/c1-10(21)16(32)28-12(3-2-6-26-20(23)24)17(33)29-13(4-5-15(22)31)18(34)30-14(19(35)36)7-11-8-25-9-27-11/h8-10,12-14H,2-7,21H2,1H3,(H2,22,31)(H,25,27)(H,28,32)(H,29,33)(H,30,34)(H,35,36)(H4,23,24,26). The van der Waals surface area contributed by atoms with Crippen LogP contribution in [-0.2, 0) is 30.4 Å². The number of carbonyl (C=O) groups excluding carboxylic acids is 4. The van der Waals surface area contributed by atoms with Gasteiger partial charge in [0.05, 0.1) is 12.4 Å². The number of guanidine groups is 1. The number of carboxylic acids is 1. The number of rotatable bonds is 16. The Morgan fingerprint density at radius 1 is 1.00 bits per heavy atom. The molecule has 0 bridgehead atoms. The van der Waals surface area contributed by atoms with Crippen LogP contribution in [0.1, 0.15) is 38.3 Å². The summed E-state index contributed by atoms with van der Waals surface area (Å²) in [7, 11) is 0. The lowest BCUT2D eigenvalue weighted by Crippen LogP contribution is -2.57. The highest BCUT2D eigenvalue weighted by Crippen LogP contribution is 2.05. The molecule has 0 fully saturated rings. The second kappa shape index (κ2) is 14.9. The topological polar surface area (TPSA) is 287 Å². The third-order valence-electron chi connectivity index (χ3n) is 4.90. The molecule has 0 aliphatic rings. The Kier molecular flexibility index (Phi) is 12.4. The van der Waals surface area contributed by atoms with Gasteiger partial charge in [-0.15, -0.1) is 0 Å². The van der Waals surface area contributed by atoms with E-state index in [0.717, 1.165) is 0 Å². The monoisotopic (exact) mass is 510 g/mol. The average Bonchev–Trinajstić information content (AvgIpc) is 3.30. The zero-order valence-corrected chi connectivity index (χ0v) is 19.9. The first kappa shape index (κ1) is 29.8. The number of imidazole rings is 1. The number of carboxylic acid groups (broad SMARTS) is 1. The third-order valence-corrected chi connectivity index (χ3v) is 4.90. The van der Waals surface area contributed by atoms with Crippen LogP contribution in [-0.4, -0.2) is 81.3 Å². The molecule has 0 spiro atoms. The van der Waals surface area contributed by atoms with Crippen LogP contribution in [0, 0.1) is 0 Å². The summed E-state index contributed by atoms with van der Waals surface area (Å²) in [5, 5.41) is 16.8. The van der Waals surface area contributed by atoms with Crippen LogP contribution < -0.4 is 38.9 Å². The van der Waals surface area contributed by atoms with Crippen molar-refractivity contribution >= 4 is 35.6 Å². The van der Waals surface area contributed by atoms with Gasteiger partial charge in [0.1, 0.15) is 18.1 Å². The van der Waals surface area contributed by atoms with Gasteiger partial charge in [-0.05, 0) is 26.2 Å². The molecule has 4 unspecified atom stereocenters. The van der Waals surface area contributed by atoms with Gasteiger partial charge in [-0.25, -0.2) is 9.78 Å². The Labute approximate surface area is 207 Å². The predicted octanol–water partition coefficient (Wildman–Crippen LogP) is -3.84. The Morgan fingerprint density at radius 2 is 1.58 bits per heavy atom. The number of carbonyl (C=O) groups is 5. The maximum absolute atomic E-state index is 13.0. The Balaban J connectivity index is 3.00. The van der Waals surface area contributed by atoms with Crippen molar-refractivity contribution in [2.24, 2.45) is 27.9 Å². The Morgan fingerprint density at radius 3 is 2.08 bits per heavy atom. The minimum absolute atomic E-state index is 0.100. The molecular formula is C20H34N10O6. The van der Waals surface area contributed by atoms with E-state index in [1.807, 2.05) is 0 Å². The van der Waals surface area contributed by atoms with Crippen molar-refractivity contribution in [1.29, 1.82) is 0 Å². The molecular weight excluding hydrogens is 476 g/mol. The van der Waals surface area contributed by atoms with E-state index in [1.165, 1.54) is 19.4 Å². The fourth-order valence-corrected chi connectivity index (χ4v) is 2.99. The molecule has 36 heavy (non-hydrogen) atoms. The molecule has 1 rings (SSSR count). The summed E-state index contributed by atoms with van der Waals surface area (Å²) in [4.78, 5) is 71.3. The van der Waals surface area contributed by atoms with E-state index < -0.39 is 53.8 Å². The third kappa shape index (κ3) is 11.3. The van der Waals surface area contributed by atoms with Crippen molar-refractivity contribution < 1.29 is 29.1 Å². The number of hydrogen-bond donors (Lipinski definition) is 9. The van der Waals surface area contributed by atoms with Crippen LogP contribution in [0.5, 0.6) is 0 Å². The maximum atomic E-state index is 13.0. The van der Waals surface area contributed by atoms with Crippen molar-refractivity contribution in [2.75, 3.05) is 6.54 Å². The number of aliphatic imine (C=N–C) groups is 1. The SMILES string of the molecule is CC(N)C(=O)NC(CCCN=C(N)N)C(=O)NC(CCC(N)=O)C(=O)NC(Cc1cnc[nH]1)C(=O)O. The van der Waals surface area contributed by atoms with Crippen molar-refractivity contribution in [3.63, 3.8) is 0 Å². The summed E-state index contributed by atoms with van der Waals surface area (Å²) in [5.41, 5.74) is 21.8. The van der Waals surface area contributed by atoms with Gasteiger partial charge < -0.3 is 49.0 Å². The first-order valence-corrected chi connectivity index (χ1v) is 11.1. The quantitative estimate of drug-likeness (QED) is 0.0592. The van der Waals surface area contributed by atoms with Crippen LogP contribution in [0.2, 0.25) is 0 Å². The number of nitrogens with two attached hydrogens (primary N) is 4. The van der Waals surface area contributed by atoms with E-state index in [9.17, 15) is 29.1 Å². The molecule has 1 aromatic rings. The van der Waals surface area contributed by atoms with Crippen LogP contribution >= 0.6 is 0 Å². The first-order valence-electron chi connectivity index (χ1n) is 11.1. The van der Waals surface area contributed by atoms with Gasteiger partial charge in [-0.2, -0.15) is 0 Å². The molecule has 4 atom stereocenters. The summed E-state index contributed by atoms with van der Waals surface area (Å²) in [6.07, 6.45) is 2.60. The van der Waals surface area contributed by atoms with Gasteiger partial charge >= 0.3 is 5.97 Å². The van der Waals surface area contributed by atoms with Crippen molar-refractivity contribution in [2.45, 2.75) is 63.2 Å². The minimum atomic E-state index is -1.35. The van der Waals surface area contributed by atoms with E-state index in [-0.39, 0.29) is 38.2 Å². The number of amides is 4. The van der Waals surface area contributed by atoms with Crippen molar-refractivity contribution in [3.8, 4) is 0 Å². The van der Waals surface area contributed by atoms with Crippen molar-refractivity contribution in [3.05, 3.63) is 18.2 Å². The van der Waals surface area contributed by atoms with E-state index in [4.69, 9.17) is 22.9 Å². The molecule has 1 aromatic heterocycles. The molecule has 0 saturated heterocycles. The first-order chi connectivity index (χ1) is 16.9. The zero-order valence-electron chi connectivity index (χ0n) is 19.9. The molecule has 13 N–H and O–H groups in total. The smallest absolute Gasteiger partial charge is 0.326 e. The number of hydrogen-bond acceptors (Lipinski definition) is 8. The van der Waals surface area contributed by atoms with Crippen molar-refractivity contribution in [1.82, 2.24) is 25.9 Å². The number of H-pyrrole nitrogens is 1. The van der Waals surface area contributed by atoms with Crippen LogP contribution in [0.25, 0.3) is 0 Å². The highest BCUT2D eigenvalue weighted by atomic mass is 16.4. The second-order valence-electron chi connectivity index (χ2n) is 8.05. The molecule has 4 amide bonds. The molecule has 0 aliphatic heterocycles. The number of nitrogens with zero attached hydrogens (tertiary/aromatic N) is 2. The molecule has 0 saturated carbocycles. The second-order valence-corrected chi connectivity index (χ2v) is 8.05. The lowest BCUT2D eigenvalue weighted by atomic mass is 10.1. The molecule has 0 radical (unpaired) electrons. The number of primary amides is 1. The van der Waals surface area contributed by atoms with Crippen LogP contribution in [0.15, 0.2) is 17.5 Å². The highest BCUT2D eigenvalue weighted by Gasteiger charge is 2.30. The molecule has 0 aromatic carbocycles. The molecule has 16 heteroatoms. The van der Waals surface area contributed by atoms with E-state index in [1.54, 1.807) is 0 Å². The summed E-state index contributed by atoms with van der Waals surface area (Å²) >= 11 is 0. The van der Waals surface area contributed by atoms with Gasteiger partial charge in [0, 0.05) is 31.3 Å². The van der Waals surface area contributed by atoms with Gasteiger partial charge in [-0.3, -0.25) is 24.2 Å². The largest absolute Gasteiger partial charge is 0.480 e. The Bertz CT molecular complexity index is 929. The van der Waals surface area contributed by atoms with Gasteiger partial charge in [0.15, 0.2) is 5.96 Å². The number of aromatic amines is 1. The summed E-state index contributed by atoms with van der Waals surface area (Å²) in [6, 6.07) is -4.69. The lowest BCUT2D eigenvalue weighted by Gasteiger charge is -2.24. The van der Waals surface area contributed by atoms with Gasteiger partial charge in [-0.1, -0.05) is 0 Å². The van der Waals surface area contributed by atoms with E-state index in [2.05, 4.69) is 30.9 Å². The number of nitrogens with one attached hydrogen (secondary N) is 4. The summed E-state index contributed by atoms with van der Waals surface area (Å²) in [5.74, 6) is -4.40. The molecule has 0 aliphatic carbocycles. The summed E-state index contributed by atoms with van der Waals surface area (Å²) < 4.78 is 0. The summed E-state index contributed by atoms with van der Waals surface area (Å²) in [6.45, 7) is 1.61. The Hall–Kier alpha value is -4.21. The van der Waals surface area contributed by atoms with Crippen LogP contribution in [0.4, 0.5) is 0 Å². The normalized spacial score (nSPS) is 13.9. The lowest BCUT2D eigenvalue weighted by molar-refractivity contribution is -0.142. The van der Waals surface area contributed by atoms with Crippen LogP contribution in [0.3, 0.4) is 0 Å².